The standard InChI is InChI=1S/C51H31N3O2/c1-3-14-32(15-4-1)34-18-11-19-35(30-34)50-52-49(33-16-5-2-6-17-33)53-51(54-50)36-28-29-39-42-25-12-24-41(48(42)56-46(39)31-36)38-21-8-7-20-37(38)40-23-13-27-45-47(40)43-22-9-10-26-44(43)55-45/h1-31H. The van der Waals surface area contributed by atoms with Crippen molar-refractivity contribution in [2.24, 2.45) is 0 Å². The predicted molar refractivity (Wildman–Crippen MR) is 227 cm³/mol. The van der Waals surface area contributed by atoms with Crippen molar-refractivity contribution in [2.75, 3.05) is 0 Å². The summed E-state index contributed by atoms with van der Waals surface area (Å²) in [5, 5.41) is 4.28. The Morgan fingerprint density at radius 3 is 1.62 bits per heavy atom. The van der Waals surface area contributed by atoms with Crippen LogP contribution in [-0.2, 0) is 0 Å². The molecule has 0 amide bonds. The van der Waals surface area contributed by atoms with E-state index in [2.05, 4.69) is 133 Å². The quantitative estimate of drug-likeness (QED) is 0.171. The van der Waals surface area contributed by atoms with Gasteiger partial charge in [-0.2, -0.15) is 0 Å². The monoisotopic (exact) mass is 717 g/mol. The summed E-state index contributed by atoms with van der Waals surface area (Å²) in [6.45, 7) is 0. The molecule has 5 nitrogen and oxygen atoms in total. The van der Waals surface area contributed by atoms with Crippen LogP contribution in [0.15, 0.2) is 197 Å². The molecular weight excluding hydrogens is 687 g/mol. The van der Waals surface area contributed by atoms with Crippen molar-refractivity contribution in [3.05, 3.63) is 188 Å². The second kappa shape index (κ2) is 13.0. The number of furan rings is 2. The van der Waals surface area contributed by atoms with E-state index < -0.39 is 0 Å². The Morgan fingerprint density at radius 2 is 0.821 bits per heavy atom. The zero-order chi connectivity index (χ0) is 37.0. The molecule has 3 heterocycles. The first-order valence-corrected chi connectivity index (χ1v) is 18.7. The third-order valence-electron chi connectivity index (χ3n) is 10.6. The Hall–Kier alpha value is -7.63. The topological polar surface area (TPSA) is 65.0 Å². The van der Waals surface area contributed by atoms with Gasteiger partial charge in [0.05, 0.1) is 0 Å². The number of nitrogens with zero attached hydrogens (tertiary/aromatic N) is 3. The van der Waals surface area contributed by atoms with Crippen LogP contribution >= 0.6 is 0 Å². The van der Waals surface area contributed by atoms with Crippen molar-refractivity contribution in [3.63, 3.8) is 0 Å². The molecule has 0 bridgehead atoms. The molecule has 8 aromatic carbocycles. The molecule has 5 heteroatoms. The molecule has 0 aliphatic heterocycles. The van der Waals surface area contributed by atoms with E-state index in [0.29, 0.717) is 17.5 Å². The highest BCUT2D eigenvalue weighted by atomic mass is 16.3. The molecule has 11 rings (SSSR count). The molecule has 0 saturated heterocycles. The average Bonchev–Trinajstić information content (AvgIpc) is 3.85. The minimum atomic E-state index is 0.576. The first-order chi connectivity index (χ1) is 27.7. The Morgan fingerprint density at radius 1 is 0.286 bits per heavy atom. The Balaban J connectivity index is 1.05. The normalized spacial score (nSPS) is 11.6. The highest BCUT2D eigenvalue weighted by Crippen LogP contribution is 2.44. The molecule has 0 N–H and O–H groups in total. The molecule has 0 radical (unpaired) electrons. The van der Waals surface area contributed by atoms with Crippen molar-refractivity contribution in [1.29, 1.82) is 0 Å². The molecule has 0 aliphatic rings. The van der Waals surface area contributed by atoms with Crippen LogP contribution in [0, 0.1) is 0 Å². The number of hydrogen-bond donors (Lipinski definition) is 0. The molecule has 0 unspecified atom stereocenters. The van der Waals surface area contributed by atoms with Crippen molar-refractivity contribution < 1.29 is 8.83 Å². The second-order valence-corrected chi connectivity index (χ2v) is 13.9. The van der Waals surface area contributed by atoms with Gasteiger partial charge >= 0.3 is 0 Å². The number of hydrogen-bond acceptors (Lipinski definition) is 5. The van der Waals surface area contributed by atoms with Gasteiger partial charge in [-0.15, -0.1) is 0 Å². The maximum absolute atomic E-state index is 6.84. The summed E-state index contributed by atoms with van der Waals surface area (Å²) >= 11 is 0. The van der Waals surface area contributed by atoms with E-state index in [-0.39, 0.29) is 0 Å². The van der Waals surface area contributed by atoms with Crippen LogP contribution in [-0.4, -0.2) is 15.0 Å². The number of para-hydroxylation sites is 2. The minimum absolute atomic E-state index is 0.576. The maximum atomic E-state index is 6.84. The number of fused-ring (bicyclic) bond motifs is 6. The van der Waals surface area contributed by atoms with Gasteiger partial charge in [-0.1, -0.05) is 158 Å². The molecule has 0 atom stereocenters. The molecule has 3 aromatic heterocycles. The van der Waals surface area contributed by atoms with Gasteiger partial charge in [0.2, 0.25) is 0 Å². The fraction of sp³-hybridized carbons (Fsp3) is 0. The Kier molecular flexibility index (Phi) is 7.42. The number of benzene rings is 8. The third-order valence-corrected chi connectivity index (χ3v) is 10.6. The SMILES string of the molecule is c1ccc(-c2cccc(-c3nc(-c4ccccc4)nc(-c4ccc5c(c4)oc4c(-c6ccccc6-c6cccc7oc8ccccc8c67)cccc45)n3)c2)cc1. The highest BCUT2D eigenvalue weighted by Gasteiger charge is 2.20. The first kappa shape index (κ1) is 31.9. The van der Waals surface area contributed by atoms with Gasteiger partial charge < -0.3 is 8.83 Å². The van der Waals surface area contributed by atoms with Gasteiger partial charge in [0, 0.05) is 43.8 Å². The smallest absolute Gasteiger partial charge is 0.164 e. The fourth-order valence-corrected chi connectivity index (χ4v) is 7.92. The first-order valence-electron chi connectivity index (χ1n) is 18.7. The molecule has 11 aromatic rings. The lowest BCUT2D eigenvalue weighted by atomic mass is 9.91. The molecule has 0 aliphatic carbocycles. The fourth-order valence-electron chi connectivity index (χ4n) is 7.92. The van der Waals surface area contributed by atoms with E-state index in [4.69, 9.17) is 23.8 Å². The summed E-state index contributed by atoms with van der Waals surface area (Å²) in [7, 11) is 0. The van der Waals surface area contributed by atoms with Crippen molar-refractivity contribution in [3.8, 4) is 67.5 Å². The lowest BCUT2D eigenvalue weighted by Gasteiger charge is -2.12. The summed E-state index contributed by atoms with van der Waals surface area (Å²) in [6.07, 6.45) is 0. The van der Waals surface area contributed by atoms with Crippen molar-refractivity contribution in [1.82, 2.24) is 15.0 Å². The van der Waals surface area contributed by atoms with Gasteiger partial charge in [0.15, 0.2) is 17.5 Å². The lowest BCUT2D eigenvalue weighted by Crippen LogP contribution is -2.00. The average molecular weight is 718 g/mol. The van der Waals surface area contributed by atoms with Gasteiger partial charge in [-0.25, -0.2) is 15.0 Å². The Bertz CT molecular complexity index is 3250. The van der Waals surface area contributed by atoms with Gasteiger partial charge in [0.1, 0.15) is 22.3 Å². The Labute approximate surface area is 322 Å². The molecule has 56 heavy (non-hydrogen) atoms. The molecular formula is C51H31N3O2. The number of aromatic nitrogens is 3. The highest BCUT2D eigenvalue weighted by molar-refractivity contribution is 6.15. The van der Waals surface area contributed by atoms with Crippen LogP contribution in [0.4, 0.5) is 0 Å². The summed E-state index contributed by atoms with van der Waals surface area (Å²) in [6, 6.07) is 64.5. The zero-order valence-electron chi connectivity index (χ0n) is 30.1. The van der Waals surface area contributed by atoms with Gasteiger partial charge in [-0.05, 0) is 58.1 Å². The predicted octanol–water partition coefficient (Wildman–Crippen LogP) is 13.7. The number of rotatable bonds is 6. The van der Waals surface area contributed by atoms with E-state index >= 15 is 0 Å². The van der Waals surface area contributed by atoms with E-state index in [1.807, 2.05) is 54.6 Å². The zero-order valence-corrected chi connectivity index (χ0v) is 30.1. The molecule has 262 valence electrons. The van der Waals surface area contributed by atoms with Crippen LogP contribution < -0.4 is 0 Å². The van der Waals surface area contributed by atoms with Crippen LogP contribution in [0.1, 0.15) is 0 Å². The molecule has 0 spiro atoms. The van der Waals surface area contributed by atoms with E-state index in [9.17, 15) is 0 Å². The largest absolute Gasteiger partial charge is 0.456 e. The van der Waals surface area contributed by atoms with Gasteiger partial charge in [-0.3, -0.25) is 0 Å². The van der Waals surface area contributed by atoms with E-state index in [0.717, 1.165) is 93.9 Å². The van der Waals surface area contributed by atoms with Crippen LogP contribution in [0.5, 0.6) is 0 Å². The summed E-state index contributed by atoms with van der Waals surface area (Å²) < 4.78 is 13.1. The second-order valence-electron chi connectivity index (χ2n) is 13.9. The van der Waals surface area contributed by atoms with E-state index in [1.54, 1.807) is 0 Å². The summed E-state index contributed by atoms with van der Waals surface area (Å²) in [4.78, 5) is 15.1. The van der Waals surface area contributed by atoms with Crippen LogP contribution in [0.3, 0.4) is 0 Å². The van der Waals surface area contributed by atoms with Crippen LogP contribution in [0.2, 0.25) is 0 Å². The van der Waals surface area contributed by atoms with Crippen LogP contribution in [0.25, 0.3) is 111 Å². The maximum Gasteiger partial charge on any atom is 0.164 e. The van der Waals surface area contributed by atoms with Gasteiger partial charge in [0.25, 0.3) is 0 Å². The molecule has 0 saturated carbocycles. The van der Waals surface area contributed by atoms with Crippen molar-refractivity contribution in [2.45, 2.75) is 0 Å². The summed E-state index contributed by atoms with van der Waals surface area (Å²) in [5.74, 6) is 1.79. The molecule has 0 fully saturated rings. The minimum Gasteiger partial charge on any atom is -0.456 e. The van der Waals surface area contributed by atoms with E-state index in [1.165, 1.54) is 0 Å². The third kappa shape index (κ3) is 5.37. The summed E-state index contributed by atoms with van der Waals surface area (Å²) in [5.41, 5.74) is 12.6. The van der Waals surface area contributed by atoms with Crippen molar-refractivity contribution >= 4 is 43.9 Å². The lowest BCUT2D eigenvalue weighted by molar-refractivity contribution is 0.669.